The Morgan fingerprint density at radius 3 is 2.30 bits per heavy atom. The third-order valence-electron chi connectivity index (χ3n) is 5.06. The van der Waals surface area contributed by atoms with Crippen molar-refractivity contribution < 1.29 is 18.8 Å². The maximum absolute atomic E-state index is 12.7. The summed E-state index contributed by atoms with van der Waals surface area (Å²) >= 11 is 0. The first kappa shape index (κ1) is 19.5. The SMILES string of the molecule is CC(C)(C)OC(=O)n1cc(B2OC(C)(C)C(C)(C)O2)c2ccc(C#N)cc21. The van der Waals surface area contributed by atoms with Crippen LogP contribution in [0.1, 0.15) is 54.0 Å². The summed E-state index contributed by atoms with van der Waals surface area (Å²) in [6.45, 7) is 13.4. The summed E-state index contributed by atoms with van der Waals surface area (Å²) in [5.41, 5.74) is 0.165. The van der Waals surface area contributed by atoms with E-state index in [1.807, 2.05) is 54.5 Å². The molecule has 142 valence electrons. The van der Waals surface area contributed by atoms with Crippen LogP contribution in [-0.4, -0.2) is 34.6 Å². The van der Waals surface area contributed by atoms with Crippen LogP contribution in [0.3, 0.4) is 0 Å². The van der Waals surface area contributed by atoms with Crippen molar-refractivity contribution in [3.8, 4) is 6.07 Å². The minimum absolute atomic E-state index is 0.464. The highest BCUT2D eigenvalue weighted by Gasteiger charge is 2.52. The highest BCUT2D eigenvalue weighted by molar-refractivity contribution is 6.65. The van der Waals surface area contributed by atoms with E-state index in [1.165, 1.54) is 4.57 Å². The molecule has 1 saturated heterocycles. The van der Waals surface area contributed by atoms with Crippen LogP contribution in [0.4, 0.5) is 4.79 Å². The van der Waals surface area contributed by atoms with Crippen LogP contribution in [0.2, 0.25) is 0 Å². The second-order valence-electron chi connectivity index (χ2n) is 8.87. The highest BCUT2D eigenvalue weighted by atomic mass is 16.7. The van der Waals surface area contributed by atoms with E-state index in [-0.39, 0.29) is 0 Å². The summed E-state index contributed by atoms with van der Waals surface area (Å²) in [6.07, 6.45) is 1.17. The predicted molar refractivity (Wildman–Crippen MR) is 104 cm³/mol. The second kappa shape index (κ2) is 6.11. The quantitative estimate of drug-likeness (QED) is 0.719. The Kier molecular flexibility index (Phi) is 4.41. The molecule has 0 atom stereocenters. The van der Waals surface area contributed by atoms with E-state index in [4.69, 9.17) is 14.0 Å². The van der Waals surface area contributed by atoms with Crippen molar-refractivity contribution in [3.05, 3.63) is 30.0 Å². The first-order valence-corrected chi connectivity index (χ1v) is 8.99. The second-order valence-corrected chi connectivity index (χ2v) is 8.87. The maximum atomic E-state index is 12.7. The van der Waals surface area contributed by atoms with Gasteiger partial charge in [-0.1, -0.05) is 6.07 Å². The number of hydrogen-bond acceptors (Lipinski definition) is 5. The van der Waals surface area contributed by atoms with E-state index < -0.39 is 30.0 Å². The van der Waals surface area contributed by atoms with Gasteiger partial charge in [-0.05, 0) is 60.6 Å². The Morgan fingerprint density at radius 1 is 1.19 bits per heavy atom. The molecule has 6 nitrogen and oxygen atoms in total. The number of carbonyl (C=O) groups is 1. The lowest BCUT2D eigenvalue weighted by Gasteiger charge is -2.32. The normalized spacial score (nSPS) is 18.5. The molecule has 0 saturated carbocycles. The molecule has 7 heteroatoms. The van der Waals surface area contributed by atoms with Crippen LogP contribution < -0.4 is 5.46 Å². The maximum Gasteiger partial charge on any atom is 0.497 e. The average molecular weight is 368 g/mol. The summed E-state index contributed by atoms with van der Waals surface area (Å²) in [5, 5.41) is 10.0. The van der Waals surface area contributed by atoms with Crippen molar-refractivity contribution in [2.45, 2.75) is 65.3 Å². The fraction of sp³-hybridized carbons (Fsp3) is 0.500. The third kappa shape index (κ3) is 3.47. The van der Waals surface area contributed by atoms with Crippen LogP contribution in [-0.2, 0) is 14.0 Å². The molecule has 0 N–H and O–H groups in total. The first-order valence-electron chi connectivity index (χ1n) is 8.99. The smallest absolute Gasteiger partial charge is 0.443 e. The molecule has 2 aromatic rings. The minimum atomic E-state index is -0.634. The summed E-state index contributed by atoms with van der Waals surface area (Å²) in [6, 6.07) is 7.32. The number of nitrogens with zero attached hydrogens (tertiary/aromatic N) is 2. The van der Waals surface area contributed by atoms with Crippen LogP contribution in [0.25, 0.3) is 10.9 Å². The lowest BCUT2D eigenvalue weighted by molar-refractivity contribution is 0.00578. The molecular weight excluding hydrogens is 343 g/mol. The van der Waals surface area contributed by atoms with Crippen molar-refractivity contribution in [1.82, 2.24) is 4.57 Å². The van der Waals surface area contributed by atoms with Crippen LogP contribution in [0.5, 0.6) is 0 Å². The number of hydrogen-bond donors (Lipinski definition) is 0. The van der Waals surface area contributed by atoms with E-state index in [0.717, 1.165) is 10.8 Å². The molecule has 0 unspecified atom stereocenters. The monoisotopic (exact) mass is 368 g/mol. The molecule has 0 radical (unpaired) electrons. The number of ether oxygens (including phenoxy) is 1. The number of rotatable bonds is 1. The topological polar surface area (TPSA) is 73.5 Å². The zero-order valence-corrected chi connectivity index (χ0v) is 16.9. The molecule has 1 aromatic carbocycles. The fourth-order valence-corrected chi connectivity index (χ4v) is 2.94. The summed E-state index contributed by atoms with van der Waals surface area (Å²) in [5.74, 6) is 0. The van der Waals surface area contributed by atoms with Gasteiger partial charge in [-0.25, -0.2) is 4.79 Å². The highest BCUT2D eigenvalue weighted by Crippen LogP contribution is 2.37. The van der Waals surface area contributed by atoms with E-state index in [9.17, 15) is 10.1 Å². The number of carbonyl (C=O) groups excluding carboxylic acids is 1. The molecule has 1 aliphatic heterocycles. The molecule has 27 heavy (non-hydrogen) atoms. The Morgan fingerprint density at radius 2 is 1.78 bits per heavy atom. The predicted octanol–water partition coefficient (Wildman–Crippen LogP) is 3.60. The van der Waals surface area contributed by atoms with Gasteiger partial charge in [-0.3, -0.25) is 4.57 Å². The lowest BCUT2D eigenvalue weighted by atomic mass is 9.79. The van der Waals surface area contributed by atoms with Crippen LogP contribution >= 0.6 is 0 Å². The largest absolute Gasteiger partial charge is 0.497 e. The molecule has 1 fully saturated rings. The molecule has 0 spiro atoms. The minimum Gasteiger partial charge on any atom is -0.443 e. The van der Waals surface area contributed by atoms with Gasteiger partial charge in [0.05, 0.1) is 28.4 Å². The molecule has 1 aromatic heterocycles. The van der Waals surface area contributed by atoms with Crippen molar-refractivity contribution in [2.24, 2.45) is 0 Å². The fourth-order valence-electron chi connectivity index (χ4n) is 2.94. The molecule has 2 heterocycles. The van der Waals surface area contributed by atoms with E-state index in [1.54, 1.807) is 18.3 Å². The van der Waals surface area contributed by atoms with E-state index in [0.29, 0.717) is 11.1 Å². The van der Waals surface area contributed by atoms with Crippen LogP contribution in [0, 0.1) is 11.3 Å². The van der Waals surface area contributed by atoms with Crippen molar-refractivity contribution >= 4 is 29.6 Å². The van der Waals surface area contributed by atoms with Crippen LogP contribution in [0.15, 0.2) is 24.4 Å². The first-order chi connectivity index (χ1) is 12.3. The Balaban J connectivity index is 2.13. The van der Waals surface area contributed by atoms with Gasteiger partial charge in [0.2, 0.25) is 0 Å². The van der Waals surface area contributed by atoms with E-state index in [2.05, 4.69) is 6.07 Å². The number of benzene rings is 1. The third-order valence-corrected chi connectivity index (χ3v) is 5.06. The molecule has 3 rings (SSSR count). The van der Waals surface area contributed by atoms with E-state index >= 15 is 0 Å². The number of nitriles is 1. The molecule has 0 aliphatic carbocycles. The molecule has 0 amide bonds. The Hall–Kier alpha value is -2.30. The van der Waals surface area contributed by atoms with Gasteiger partial charge in [0.15, 0.2) is 0 Å². The lowest BCUT2D eigenvalue weighted by Crippen LogP contribution is -2.41. The summed E-state index contributed by atoms with van der Waals surface area (Å²) in [4.78, 5) is 12.7. The Bertz CT molecular complexity index is 931. The van der Waals surface area contributed by atoms with Crippen molar-refractivity contribution in [1.29, 1.82) is 5.26 Å². The van der Waals surface area contributed by atoms with Crippen molar-refractivity contribution in [3.63, 3.8) is 0 Å². The van der Waals surface area contributed by atoms with Gasteiger partial charge in [-0.2, -0.15) is 5.26 Å². The van der Waals surface area contributed by atoms with Gasteiger partial charge in [0.25, 0.3) is 0 Å². The van der Waals surface area contributed by atoms with Crippen molar-refractivity contribution in [2.75, 3.05) is 0 Å². The van der Waals surface area contributed by atoms with Gasteiger partial charge in [-0.15, -0.1) is 0 Å². The molecule has 1 aliphatic rings. The van der Waals surface area contributed by atoms with Gasteiger partial charge < -0.3 is 14.0 Å². The molecular formula is C20H25BN2O4. The number of fused-ring (bicyclic) bond motifs is 1. The molecule has 0 bridgehead atoms. The average Bonchev–Trinajstić information content (AvgIpc) is 2.99. The van der Waals surface area contributed by atoms with Gasteiger partial charge in [0, 0.05) is 17.0 Å². The summed E-state index contributed by atoms with van der Waals surface area (Å²) in [7, 11) is -0.617. The standard InChI is InChI=1S/C20H25BN2O4/c1-18(2,3)25-17(24)23-12-15(14-9-8-13(11-22)10-16(14)23)21-26-19(4,5)20(6,7)27-21/h8-10,12H,1-7H3. The zero-order valence-electron chi connectivity index (χ0n) is 16.9. The zero-order chi connectivity index (χ0) is 20.2. The Labute approximate surface area is 160 Å². The van der Waals surface area contributed by atoms with Gasteiger partial charge >= 0.3 is 13.2 Å². The number of aromatic nitrogens is 1. The summed E-state index contributed by atoms with van der Waals surface area (Å²) < 4.78 is 19.3. The van der Waals surface area contributed by atoms with Gasteiger partial charge in [0.1, 0.15) is 5.60 Å².